The van der Waals surface area contributed by atoms with Gasteiger partial charge in [0, 0.05) is 6.54 Å². The van der Waals surface area contributed by atoms with E-state index in [1.807, 2.05) is 13.0 Å². The Balaban J connectivity index is 1.23. The highest BCUT2D eigenvalue weighted by atomic mass is 16.5. The van der Waals surface area contributed by atoms with Gasteiger partial charge in [-0.1, -0.05) is 30.3 Å². The van der Waals surface area contributed by atoms with Crippen LogP contribution in [0.5, 0.6) is 0 Å². The molecule has 4 rings (SSSR count). The van der Waals surface area contributed by atoms with Crippen LogP contribution in [0.2, 0.25) is 0 Å². The first-order chi connectivity index (χ1) is 15.4. The van der Waals surface area contributed by atoms with E-state index < -0.39 is 30.3 Å². The fourth-order valence-corrected chi connectivity index (χ4v) is 4.25. The molecule has 0 saturated heterocycles. The molecule has 1 aliphatic carbocycles. The highest BCUT2D eigenvalue weighted by molar-refractivity contribution is 6.21. The molecule has 1 aliphatic heterocycles. The molecule has 2 aromatic carbocycles. The van der Waals surface area contributed by atoms with E-state index in [2.05, 4.69) is 17.4 Å². The third kappa shape index (κ3) is 4.56. The van der Waals surface area contributed by atoms with Crippen LogP contribution in [0.3, 0.4) is 0 Å². The molecule has 0 aromatic heterocycles. The van der Waals surface area contributed by atoms with Crippen molar-refractivity contribution in [1.82, 2.24) is 10.2 Å². The van der Waals surface area contributed by atoms with Crippen LogP contribution in [0.1, 0.15) is 69.6 Å². The molecule has 1 unspecified atom stereocenters. The second-order valence-corrected chi connectivity index (χ2v) is 8.24. The predicted octanol–water partition coefficient (Wildman–Crippen LogP) is 2.97. The molecule has 1 N–H and O–H groups in total. The molecule has 7 nitrogen and oxygen atoms in total. The summed E-state index contributed by atoms with van der Waals surface area (Å²) in [7, 11) is 0. The van der Waals surface area contributed by atoms with Crippen molar-refractivity contribution in [2.45, 2.75) is 45.1 Å². The smallest absolute Gasteiger partial charge is 0.308 e. The first kappa shape index (κ1) is 21.7. The summed E-state index contributed by atoms with van der Waals surface area (Å²) in [6, 6.07) is 12.6. The number of nitrogens with zero attached hydrogens (tertiary/aromatic N) is 1. The van der Waals surface area contributed by atoms with Crippen molar-refractivity contribution in [3.05, 3.63) is 70.3 Å². The molecule has 1 atom stereocenters. The summed E-state index contributed by atoms with van der Waals surface area (Å²) >= 11 is 0. The second kappa shape index (κ2) is 9.34. The molecule has 166 valence electrons. The number of imide groups is 1. The maximum absolute atomic E-state index is 12.3. The maximum Gasteiger partial charge on any atom is 0.308 e. The zero-order valence-corrected chi connectivity index (χ0v) is 18.1. The molecule has 0 radical (unpaired) electrons. The molecule has 0 spiro atoms. The molecule has 3 amide bonds. The van der Waals surface area contributed by atoms with Gasteiger partial charge >= 0.3 is 5.97 Å². The molecule has 7 heteroatoms. The van der Waals surface area contributed by atoms with Gasteiger partial charge in [-0.25, -0.2) is 0 Å². The van der Waals surface area contributed by atoms with Crippen LogP contribution in [0, 0.1) is 0 Å². The van der Waals surface area contributed by atoms with Crippen molar-refractivity contribution < 1.29 is 23.9 Å². The topological polar surface area (TPSA) is 92.8 Å². The highest BCUT2D eigenvalue weighted by Gasteiger charge is 2.35. The average Bonchev–Trinajstić information content (AvgIpc) is 3.05. The van der Waals surface area contributed by atoms with Crippen LogP contribution >= 0.6 is 0 Å². The van der Waals surface area contributed by atoms with Gasteiger partial charge < -0.3 is 10.1 Å². The van der Waals surface area contributed by atoms with E-state index >= 15 is 0 Å². The van der Waals surface area contributed by atoms with Crippen molar-refractivity contribution >= 4 is 23.7 Å². The van der Waals surface area contributed by atoms with E-state index in [4.69, 9.17) is 4.74 Å². The summed E-state index contributed by atoms with van der Waals surface area (Å²) in [5.74, 6) is -1.88. The number of nitrogens with one attached hydrogen (secondary N) is 1. The molecule has 0 saturated carbocycles. The minimum atomic E-state index is -0.641. The number of rotatable bonds is 7. The maximum atomic E-state index is 12.3. The fraction of sp³-hybridized carbons (Fsp3) is 0.360. The van der Waals surface area contributed by atoms with Gasteiger partial charge in [0.05, 0.1) is 23.6 Å². The van der Waals surface area contributed by atoms with Crippen LogP contribution in [-0.2, 0) is 27.2 Å². The van der Waals surface area contributed by atoms with E-state index in [0.717, 1.165) is 23.3 Å². The summed E-state index contributed by atoms with van der Waals surface area (Å²) in [6.45, 7) is 1.40. The lowest BCUT2D eigenvalue weighted by Crippen LogP contribution is -2.34. The number of carbonyl (C=O) groups is 4. The number of benzene rings is 2. The molecule has 1 heterocycles. The summed E-state index contributed by atoms with van der Waals surface area (Å²) < 4.78 is 5.04. The summed E-state index contributed by atoms with van der Waals surface area (Å²) in [5.41, 5.74) is 4.42. The number of ether oxygens (including phenoxy) is 1. The normalized spacial score (nSPS) is 15.7. The van der Waals surface area contributed by atoms with Gasteiger partial charge in [-0.05, 0) is 61.4 Å². The first-order valence-electron chi connectivity index (χ1n) is 11.0. The van der Waals surface area contributed by atoms with Crippen molar-refractivity contribution in [2.24, 2.45) is 0 Å². The first-order valence-corrected chi connectivity index (χ1v) is 11.0. The van der Waals surface area contributed by atoms with Gasteiger partial charge in [0.25, 0.3) is 17.7 Å². The van der Waals surface area contributed by atoms with Crippen molar-refractivity contribution in [2.75, 3.05) is 13.2 Å². The van der Waals surface area contributed by atoms with E-state index in [9.17, 15) is 19.2 Å². The lowest BCUT2D eigenvalue weighted by atomic mass is 9.89. The zero-order chi connectivity index (χ0) is 22.7. The van der Waals surface area contributed by atoms with Crippen molar-refractivity contribution in [3.63, 3.8) is 0 Å². The van der Waals surface area contributed by atoms with Gasteiger partial charge in [0.15, 0.2) is 6.61 Å². The SMILES string of the molecule is CC(NC(=O)COC(=O)CCN1C(=O)c2ccccc2C1=O)c1ccc2c(c1)CCCC2. The highest BCUT2D eigenvalue weighted by Crippen LogP contribution is 2.25. The number of carbonyl (C=O) groups excluding carboxylic acids is 4. The van der Waals surface area contributed by atoms with Crippen LogP contribution in [0.15, 0.2) is 42.5 Å². The van der Waals surface area contributed by atoms with Crippen LogP contribution < -0.4 is 5.32 Å². The van der Waals surface area contributed by atoms with E-state index in [0.29, 0.717) is 11.1 Å². The predicted molar refractivity (Wildman–Crippen MR) is 117 cm³/mol. The summed E-state index contributed by atoms with van der Waals surface area (Å²) in [5, 5.41) is 2.85. The number of esters is 1. The molecule has 0 bridgehead atoms. The molecular formula is C25H26N2O5. The Labute approximate surface area is 186 Å². The van der Waals surface area contributed by atoms with E-state index in [1.54, 1.807) is 24.3 Å². The largest absolute Gasteiger partial charge is 0.456 e. The van der Waals surface area contributed by atoms with E-state index in [-0.39, 0.29) is 19.0 Å². The fourth-order valence-electron chi connectivity index (χ4n) is 4.25. The zero-order valence-electron chi connectivity index (χ0n) is 18.1. The van der Waals surface area contributed by atoms with Crippen LogP contribution in [-0.4, -0.2) is 41.7 Å². The Hall–Kier alpha value is -3.48. The van der Waals surface area contributed by atoms with Gasteiger partial charge in [-0.3, -0.25) is 24.1 Å². The van der Waals surface area contributed by atoms with E-state index in [1.165, 1.54) is 24.0 Å². The van der Waals surface area contributed by atoms with Gasteiger partial charge in [0.2, 0.25) is 0 Å². The molecule has 2 aliphatic rings. The number of fused-ring (bicyclic) bond motifs is 2. The molecular weight excluding hydrogens is 408 g/mol. The Morgan fingerprint density at radius 1 is 1.00 bits per heavy atom. The lowest BCUT2D eigenvalue weighted by molar-refractivity contribution is -0.148. The number of aryl methyl sites for hydroxylation is 2. The molecule has 0 fully saturated rings. The average molecular weight is 434 g/mol. The van der Waals surface area contributed by atoms with Crippen LogP contribution in [0.4, 0.5) is 0 Å². The minimum Gasteiger partial charge on any atom is -0.456 e. The number of hydrogen-bond donors (Lipinski definition) is 1. The van der Waals surface area contributed by atoms with Gasteiger partial charge in [-0.2, -0.15) is 0 Å². The second-order valence-electron chi connectivity index (χ2n) is 8.24. The van der Waals surface area contributed by atoms with Crippen molar-refractivity contribution in [1.29, 1.82) is 0 Å². The Bertz CT molecular complexity index is 1040. The monoisotopic (exact) mass is 434 g/mol. The molecule has 32 heavy (non-hydrogen) atoms. The van der Waals surface area contributed by atoms with Gasteiger partial charge in [0.1, 0.15) is 0 Å². The lowest BCUT2D eigenvalue weighted by Gasteiger charge is -2.20. The molecule has 2 aromatic rings. The van der Waals surface area contributed by atoms with Gasteiger partial charge in [-0.15, -0.1) is 0 Å². The summed E-state index contributed by atoms with van der Waals surface area (Å²) in [4.78, 5) is 50.0. The third-order valence-corrected chi connectivity index (χ3v) is 6.03. The summed E-state index contributed by atoms with van der Waals surface area (Å²) in [6.07, 6.45) is 4.41. The van der Waals surface area contributed by atoms with Crippen LogP contribution in [0.25, 0.3) is 0 Å². The Morgan fingerprint density at radius 2 is 1.66 bits per heavy atom. The number of amides is 3. The Kier molecular flexibility index (Phi) is 6.35. The quantitative estimate of drug-likeness (QED) is 0.534. The third-order valence-electron chi connectivity index (χ3n) is 6.03. The number of hydrogen-bond acceptors (Lipinski definition) is 5. The minimum absolute atomic E-state index is 0.0850. The van der Waals surface area contributed by atoms with Crippen molar-refractivity contribution in [3.8, 4) is 0 Å². The standard InChI is InChI=1S/C25H26N2O5/c1-16(18-11-10-17-6-2-3-7-19(17)14-18)26-22(28)15-32-23(29)12-13-27-24(30)20-8-4-5-9-21(20)25(27)31/h4-5,8-11,14,16H,2-3,6-7,12-13,15H2,1H3,(H,26,28). The Morgan fingerprint density at radius 3 is 2.34 bits per heavy atom.